The number of fused-ring (bicyclic) bond motifs is 5. The van der Waals surface area contributed by atoms with Gasteiger partial charge >= 0.3 is 0 Å². The Bertz CT molecular complexity index is 479. The van der Waals surface area contributed by atoms with Crippen LogP contribution in [0.2, 0.25) is 0 Å². The third-order valence-corrected chi connectivity index (χ3v) is 5.31. The summed E-state index contributed by atoms with van der Waals surface area (Å²) in [6.07, 6.45) is 6.62. The van der Waals surface area contributed by atoms with Gasteiger partial charge in [-0.25, -0.2) is 9.67 Å². The number of rotatable bonds is 4. The van der Waals surface area contributed by atoms with Gasteiger partial charge in [-0.05, 0) is 49.4 Å². The van der Waals surface area contributed by atoms with Crippen LogP contribution in [-0.2, 0) is 6.54 Å². The zero-order chi connectivity index (χ0) is 12.3. The third kappa shape index (κ3) is 1.29. The number of carbonyl (C=O) groups is 1. The minimum Gasteiger partial charge on any atom is -0.290 e. The minimum absolute atomic E-state index is 0.271. The summed E-state index contributed by atoms with van der Waals surface area (Å²) in [5, 5.41) is 4.17. The lowest BCUT2D eigenvalue weighted by molar-refractivity contribution is 0.0928. The van der Waals surface area contributed by atoms with Gasteiger partial charge in [0.05, 0.1) is 0 Å². The first kappa shape index (κ1) is 10.7. The summed E-state index contributed by atoms with van der Waals surface area (Å²) in [5.74, 6) is 4.25. The summed E-state index contributed by atoms with van der Waals surface area (Å²) in [5.41, 5.74) is 0. The highest BCUT2D eigenvalue weighted by molar-refractivity contribution is 5.97. The maximum Gasteiger partial charge on any atom is 0.203 e. The maximum atomic E-state index is 12.6. The highest BCUT2D eigenvalue weighted by Crippen LogP contribution is 2.69. The number of Topliss-reactive ketones (excluding diaryl/α,β-unsaturated/α-hetero) is 1. The van der Waals surface area contributed by atoms with Gasteiger partial charge in [0.1, 0.15) is 6.33 Å². The van der Waals surface area contributed by atoms with E-state index in [9.17, 15) is 4.79 Å². The molecule has 1 heterocycles. The van der Waals surface area contributed by atoms with Crippen LogP contribution in [0.5, 0.6) is 0 Å². The molecular weight excluding hydrogens is 226 g/mol. The predicted octanol–water partition coefficient (Wildman–Crippen LogP) is 2.16. The molecule has 3 aliphatic rings. The number of aryl methyl sites for hydroxylation is 1. The number of carbonyl (C=O) groups excluding carboxylic acids is 1. The van der Waals surface area contributed by atoms with Crippen LogP contribution in [0.1, 0.15) is 43.2 Å². The molecule has 1 aromatic rings. The average Bonchev–Trinajstić information content (AvgIpc) is 2.75. The van der Waals surface area contributed by atoms with E-state index in [1.165, 1.54) is 25.6 Å². The van der Waals surface area contributed by atoms with E-state index in [1.54, 1.807) is 4.68 Å². The van der Waals surface area contributed by atoms with Crippen molar-refractivity contribution in [2.75, 3.05) is 0 Å². The van der Waals surface area contributed by atoms with Gasteiger partial charge in [0.2, 0.25) is 5.78 Å². The predicted molar refractivity (Wildman–Crippen MR) is 65.9 cm³/mol. The van der Waals surface area contributed by atoms with Crippen molar-refractivity contribution in [3.05, 3.63) is 12.2 Å². The first-order valence-corrected chi connectivity index (χ1v) is 7.23. The fraction of sp³-hybridized carbons (Fsp3) is 0.786. The van der Waals surface area contributed by atoms with Crippen LogP contribution < -0.4 is 0 Å². The van der Waals surface area contributed by atoms with Gasteiger partial charge in [-0.1, -0.05) is 6.92 Å². The summed E-state index contributed by atoms with van der Waals surface area (Å²) in [6, 6.07) is 0. The molecule has 0 N–H and O–H groups in total. The van der Waals surface area contributed by atoms with Crippen molar-refractivity contribution in [3.63, 3.8) is 0 Å². The maximum absolute atomic E-state index is 12.6. The second-order valence-electron chi connectivity index (χ2n) is 6.18. The molecule has 4 nitrogen and oxygen atoms in total. The molecule has 2 bridgehead atoms. The zero-order valence-corrected chi connectivity index (χ0v) is 10.7. The van der Waals surface area contributed by atoms with Gasteiger partial charge < -0.3 is 0 Å². The molecule has 3 aliphatic carbocycles. The van der Waals surface area contributed by atoms with Crippen LogP contribution in [0, 0.1) is 29.6 Å². The van der Waals surface area contributed by atoms with E-state index in [4.69, 9.17) is 0 Å². The zero-order valence-electron chi connectivity index (χ0n) is 10.7. The van der Waals surface area contributed by atoms with Gasteiger partial charge in [0, 0.05) is 12.5 Å². The SMILES string of the molecule is CCCn1ncnc1C(=O)C1C2C3CCC(C3)C12. The Hall–Kier alpha value is -1.19. The molecule has 4 unspecified atom stereocenters. The first-order chi connectivity index (χ1) is 8.81. The van der Waals surface area contributed by atoms with Gasteiger partial charge in [0.25, 0.3) is 0 Å². The van der Waals surface area contributed by atoms with E-state index in [0.717, 1.165) is 24.8 Å². The van der Waals surface area contributed by atoms with Gasteiger partial charge in [0.15, 0.2) is 5.82 Å². The fourth-order valence-corrected chi connectivity index (χ4v) is 4.66. The normalized spacial score (nSPS) is 39.9. The summed E-state index contributed by atoms with van der Waals surface area (Å²) in [7, 11) is 0. The lowest BCUT2D eigenvalue weighted by atomic mass is 9.99. The molecule has 96 valence electrons. The molecule has 0 saturated heterocycles. The summed E-state index contributed by atoms with van der Waals surface area (Å²) >= 11 is 0. The van der Waals surface area contributed by atoms with Gasteiger partial charge in [-0.2, -0.15) is 5.10 Å². The quantitative estimate of drug-likeness (QED) is 0.764. The Morgan fingerprint density at radius 1 is 1.39 bits per heavy atom. The standard InChI is InChI=1S/C14H19N3O/c1-2-5-17-14(15-7-16-17)13(18)12-10-8-3-4-9(6-8)11(10)12/h7-12H,2-6H2,1H3. The fourth-order valence-electron chi connectivity index (χ4n) is 4.66. The second-order valence-corrected chi connectivity index (χ2v) is 6.18. The molecule has 0 aromatic carbocycles. The van der Waals surface area contributed by atoms with Crippen LogP contribution in [0.25, 0.3) is 0 Å². The van der Waals surface area contributed by atoms with Crippen LogP contribution in [-0.4, -0.2) is 20.5 Å². The molecule has 3 saturated carbocycles. The van der Waals surface area contributed by atoms with Crippen LogP contribution in [0.3, 0.4) is 0 Å². The molecular formula is C14H19N3O. The van der Waals surface area contributed by atoms with Crippen molar-refractivity contribution in [1.29, 1.82) is 0 Å². The smallest absolute Gasteiger partial charge is 0.203 e. The van der Waals surface area contributed by atoms with Crippen molar-refractivity contribution in [1.82, 2.24) is 14.8 Å². The van der Waals surface area contributed by atoms with Crippen molar-refractivity contribution < 1.29 is 4.79 Å². The monoisotopic (exact) mass is 245 g/mol. The Morgan fingerprint density at radius 2 is 2.11 bits per heavy atom. The molecule has 1 aromatic heterocycles. The molecule has 0 amide bonds. The minimum atomic E-state index is 0.271. The summed E-state index contributed by atoms with van der Waals surface area (Å²) < 4.78 is 1.79. The van der Waals surface area contributed by atoms with Crippen LogP contribution in [0.4, 0.5) is 0 Å². The lowest BCUT2D eigenvalue weighted by Gasteiger charge is -2.08. The van der Waals surface area contributed by atoms with E-state index >= 15 is 0 Å². The highest BCUT2D eigenvalue weighted by atomic mass is 16.1. The number of aromatic nitrogens is 3. The Morgan fingerprint density at radius 3 is 2.78 bits per heavy atom. The molecule has 4 atom stereocenters. The van der Waals surface area contributed by atoms with Gasteiger partial charge in [-0.15, -0.1) is 0 Å². The Balaban J connectivity index is 1.56. The van der Waals surface area contributed by atoms with Crippen molar-refractivity contribution in [2.45, 2.75) is 39.2 Å². The second kappa shape index (κ2) is 3.65. The van der Waals surface area contributed by atoms with Crippen LogP contribution >= 0.6 is 0 Å². The molecule has 4 heteroatoms. The van der Waals surface area contributed by atoms with Crippen LogP contribution in [0.15, 0.2) is 6.33 Å². The van der Waals surface area contributed by atoms with E-state index in [1.807, 2.05) is 0 Å². The van der Waals surface area contributed by atoms with E-state index in [-0.39, 0.29) is 11.7 Å². The Kier molecular flexibility index (Phi) is 2.17. The largest absolute Gasteiger partial charge is 0.290 e. The molecule has 0 radical (unpaired) electrons. The lowest BCUT2D eigenvalue weighted by Crippen LogP contribution is -2.17. The third-order valence-electron chi connectivity index (χ3n) is 5.31. The molecule has 18 heavy (non-hydrogen) atoms. The van der Waals surface area contributed by atoms with Gasteiger partial charge in [-0.3, -0.25) is 4.79 Å². The highest BCUT2D eigenvalue weighted by Gasteiger charge is 2.67. The van der Waals surface area contributed by atoms with E-state index in [2.05, 4.69) is 17.0 Å². The molecule has 0 aliphatic heterocycles. The van der Waals surface area contributed by atoms with E-state index < -0.39 is 0 Å². The summed E-state index contributed by atoms with van der Waals surface area (Å²) in [4.78, 5) is 16.8. The molecule has 0 spiro atoms. The van der Waals surface area contributed by atoms with E-state index in [0.29, 0.717) is 17.7 Å². The Labute approximate surface area is 107 Å². The summed E-state index contributed by atoms with van der Waals surface area (Å²) in [6.45, 7) is 2.90. The average molecular weight is 245 g/mol. The number of hydrogen-bond acceptors (Lipinski definition) is 3. The molecule has 4 rings (SSSR count). The van der Waals surface area contributed by atoms with Crippen molar-refractivity contribution in [2.24, 2.45) is 29.6 Å². The first-order valence-electron chi connectivity index (χ1n) is 7.23. The number of ketones is 1. The number of nitrogens with zero attached hydrogens (tertiary/aromatic N) is 3. The van der Waals surface area contributed by atoms with Crippen molar-refractivity contribution >= 4 is 5.78 Å². The topological polar surface area (TPSA) is 47.8 Å². The van der Waals surface area contributed by atoms with Crippen molar-refractivity contribution in [3.8, 4) is 0 Å². The number of hydrogen-bond donors (Lipinski definition) is 0. The molecule has 3 fully saturated rings.